The zero-order valence-corrected chi connectivity index (χ0v) is 9.95. The summed E-state index contributed by atoms with van der Waals surface area (Å²) < 4.78 is 13.2. The van der Waals surface area contributed by atoms with Gasteiger partial charge in [-0.3, -0.25) is 4.79 Å². The first-order valence-electron chi connectivity index (χ1n) is 5.72. The summed E-state index contributed by atoms with van der Waals surface area (Å²) in [7, 11) is 0. The third kappa shape index (κ3) is 2.23. The number of carbonyl (C=O) groups is 1. The van der Waals surface area contributed by atoms with Gasteiger partial charge in [0.2, 0.25) is 5.91 Å². The lowest BCUT2D eigenvalue weighted by atomic mass is 9.82. The van der Waals surface area contributed by atoms with Crippen LogP contribution >= 0.6 is 0 Å². The summed E-state index contributed by atoms with van der Waals surface area (Å²) in [5.74, 6) is -0.276. The summed E-state index contributed by atoms with van der Waals surface area (Å²) in [5, 5.41) is 0. The second kappa shape index (κ2) is 4.32. The molecule has 0 aliphatic carbocycles. The Balaban J connectivity index is 2.22. The summed E-state index contributed by atoms with van der Waals surface area (Å²) in [6.45, 7) is 6.89. The van der Waals surface area contributed by atoms with Gasteiger partial charge in [-0.05, 0) is 30.2 Å². The van der Waals surface area contributed by atoms with Crippen LogP contribution in [0.2, 0.25) is 0 Å². The smallest absolute Gasteiger partial charge is 0.245 e. The molecule has 2 nitrogen and oxygen atoms in total. The molecule has 1 heterocycles. The minimum atomic E-state index is -0.225. The Kier molecular flexibility index (Phi) is 3.01. The van der Waals surface area contributed by atoms with Crippen LogP contribution in [0.3, 0.4) is 0 Å². The number of nitrogens with zero attached hydrogens (tertiary/aromatic N) is 1. The van der Waals surface area contributed by atoms with Crippen LogP contribution in [0.4, 0.5) is 4.39 Å². The van der Waals surface area contributed by atoms with Gasteiger partial charge in [-0.1, -0.05) is 25.6 Å². The van der Waals surface area contributed by atoms with E-state index in [9.17, 15) is 9.18 Å². The minimum absolute atomic E-state index is 0.0508. The molecule has 1 fully saturated rings. The Morgan fingerprint density at radius 1 is 1.59 bits per heavy atom. The van der Waals surface area contributed by atoms with E-state index in [4.69, 9.17) is 0 Å². The van der Waals surface area contributed by atoms with Gasteiger partial charge in [0.25, 0.3) is 0 Å². The Hall–Kier alpha value is -1.64. The third-order valence-electron chi connectivity index (χ3n) is 3.48. The molecule has 1 aliphatic rings. The molecule has 0 radical (unpaired) electrons. The number of rotatable bonds is 2. The normalized spacial score (nSPS) is 23.8. The van der Waals surface area contributed by atoms with Crippen LogP contribution in [0.1, 0.15) is 18.9 Å². The van der Waals surface area contributed by atoms with Crippen LogP contribution in [0.15, 0.2) is 36.9 Å². The molecule has 1 aromatic rings. The molecular formula is C14H16FNO. The predicted molar refractivity (Wildman–Crippen MR) is 65.1 cm³/mol. The van der Waals surface area contributed by atoms with Gasteiger partial charge in [0, 0.05) is 18.5 Å². The van der Waals surface area contributed by atoms with Gasteiger partial charge in [-0.2, -0.15) is 0 Å². The lowest BCUT2D eigenvalue weighted by molar-refractivity contribution is -0.125. The highest BCUT2D eigenvalue weighted by molar-refractivity contribution is 5.87. The molecule has 1 saturated heterocycles. The number of benzene rings is 1. The molecule has 2 rings (SSSR count). The SMILES string of the molecule is C=CC(=O)N1CCC(C)(c2cccc(F)c2)C1. The Labute approximate surface area is 101 Å². The first-order valence-corrected chi connectivity index (χ1v) is 5.72. The highest BCUT2D eigenvalue weighted by atomic mass is 19.1. The highest BCUT2D eigenvalue weighted by Gasteiger charge is 2.36. The van der Waals surface area contributed by atoms with Crippen molar-refractivity contribution in [3.05, 3.63) is 48.3 Å². The standard InChI is InChI=1S/C14H16FNO/c1-3-13(17)16-8-7-14(2,10-16)11-5-4-6-12(15)9-11/h3-6,9H,1,7-8,10H2,2H3. The lowest BCUT2D eigenvalue weighted by Crippen LogP contribution is -2.31. The van der Waals surface area contributed by atoms with Crippen molar-refractivity contribution in [2.45, 2.75) is 18.8 Å². The first-order chi connectivity index (χ1) is 8.05. The second-order valence-electron chi connectivity index (χ2n) is 4.78. The fourth-order valence-electron chi connectivity index (χ4n) is 2.38. The minimum Gasteiger partial charge on any atom is -0.338 e. The first kappa shape index (κ1) is 11.8. The van der Waals surface area contributed by atoms with E-state index in [1.54, 1.807) is 17.0 Å². The zero-order chi connectivity index (χ0) is 12.5. The number of hydrogen-bond acceptors (Lipinski definition) is 1. The van der Waals surface area contributed by atoms with Crippen LogP contribution in [0, 0.1) is 5.82 Å². The molecule has 1 aromatic carbocycles. The topological polar surface area (TPSA) is 20.3 Å². The van der Waals surface area contributed by atoms with Crippen LogP contribution in [-0.2, 0) is 10.2 Å². The number of hydrogen-bond donors (Lipinski definition) is 0. The molecule has 0 aromatic heterocycles. The predicted octanol–water partition coefficient (Wildman–Crippen LogP) is 2.50. The van der Waals surface area contributed by atoms with Crippen molar-refractivity contribution in [2.24, 2.45) is 0 Å². The van der Waals surface area contributed by atoms with E-state index in [0.717, 1.165) is 12.0 Å². The van der Waals surface area contributed by atoms with E-state index in [1.807, 2.05) is 6.07 Å². The maximum atomic E-state index is 13.2. The maximum absolute atomic E-state index is 13.2. The van der Waals surface area contributed by atoms with Crippen molar-refractivity contribution in [1.29, 1.82) is 0 Å². The molecule has 0 spiro atoms. The molecule has 1 amide bonds. The average molecular weight is 233 g/mol. The van der Waals surface area contributed by atoms with Gasteiger partial charge < -0.3 is 4.90 Å². The molecule has 90 valence electrons. The maximum Gasteiger partial charge on any atom is 0.245 e. The van der Waals surface area contributed by atoms with Crippen LogP contribution in [0.25, 0.3) is 0 Å². The third-order valence-corrected chi connectivity index (χ3v) is 3.48. The number of halogens is 1. The molecular weight excluding hydrogens is 217 g/mol. The molecule has 0 N–H and O–H groups in total. The van der Waals surface area contributed by atoms with Gasteiger partial charge in [0.15, 0.2) is 0 Å². The summed E-state index contributed by atoms with van der Waals surface area (Å²) in [6, 6.07) is 6.63. The quantitative estimate of drug-likeness (QED) is 0.719. The van der Waals surface area contributed by atoms with Crippen LogP contribution in [-0.4, -0.2) is 23.9 Å². The van der Waals surface area contributed by atoms with E-state index < -0.39 is 0 Å². The Morgan fingerprint density at radius 3 is 3.00 bits per heavy atom. The van der Waals surface area contributed by atoms with Crippen molar-refractivity contribution in [3.63, 3.8) is 0 Å². The molecule has 3 heteroatoms. The fraction of sp³-hybridized carbons (Fsp3) is 0.357. The highest BCUT2D eigenvalue weighted by Crippen LogP contribution is 2.34. The Morgan fingerprint density at radius 2 is 2.35 bits per heavy atom. The van der Waals surface area contributed by atoms with Crippen molar-refractivity contribution in [1.82, 2.24) is 4.90 Å². The van der Waals surface area contributed by atoms with E-state index >= 15 is 0 Å². The monoisotopic (exact) mass is 233 g/mol. The van der Waals surface area contributed by atoms with E-state index in [1.165, 1.54) is 12.1 Å². The second-order valence-corrected chi connectivity index (χ2v) is 4.78. The Bertz CT molecular complexity index is 457. The number of carbonyl (C=O) groups excluding carboxylic acids is 1. The van der Waals surface area contributed by atoms with Crippen LogP contribution in [0.5, 0.6) is 0 Å². The zero-order valence-electron chi connectivity index (χ0n) is 9.95. The molecule has 1 aliphatic heterocycles. The fourth-order valence-corrected chi connectivity index (χ4v) is 2.38. The van der Waals surface area contributed by atoms with E-state index in [-0.39, 0.29) is 17.1 Å². The number of likely N-dealkylation sites (tertiary alicyclic amines) is 1. The van der Waals surface area contributed by atoms with E-state index in [2.05, 4.69) is 13.5 Å². The molecule has 1 atom stereocenters. The van der Waals surface area contributed by atoms with Gasteiger partial charge in [-0.25, -0.2) is 4.39 Å². The lowest BCUT2D eigenvalue weighted by Gasteiger charge is -2.24. The van der Waals surface area contributed by atoms with Crippen molar-refractivity contribution in [2.75, 3.05) is 13.1 Å². The molecule has 1 unspecified atom stereocenters. The van der Waals surface area contributed by atoms with Crippen LogP contribution < -0.4 is 0 Å². The average Bonchev–Trinajstić information content (AvgIpc) is 2.72. The summed E-state index contributed by atoms with van der Waals surface area (Å²) in [5.41, 5.74) is 0.803. The van der Waals surface area contributed by atoms with Gasteiger partial charge in [0.05, 0.1) is 0 Å². The largest absolute Gasteiger partial charge is 0.338 e. The van der Waals surface area contributed by atoms with Gasteiger partial charge in [-0.15, -0.1) is 0 Å². The van der Waals surface area contributed by atoms with Crippen molar-refractivity contribution in [3.8, 4) is 0 Å². The summed E-state index contributed by atoms with van der Waals surface area (Å²) in [4.78, 5) is 13.3. The summed E-state index contributed by atoms with van der Waals surface area (Å²) in [6.07, 6.45) is 2.19. The molecule has 17 heavy (non-hydrogen) atoms. The number of amides is 1. The molecule has 0 bridgehead atoms. The van der Waals surface area contributed by atoms with Gasteiger partial charge >= 0.3 is 0 Å². The van der Waals surface area contributed by atoms with Crippen molar-refractivity contribution >= 4 is 5.91 Å². The van der Waals surface area contributed by atoms with E-state index in [0.29, 0.717) is 13.1 Å². The van der Waals surface area contributed by atoms with Crippen molar-refractivity contribution < 1.29 is 9.18 Å². The van der Waals surface area contributed by atoms with Gasteiger partial charge in [0.1, 0.15) is 5.82 Å². The summed E-state index contributed by atoms with van der Waals surface area (Å²) >= 11 is 0. The molecule has 0 saturated carbocycles.